The minimum Gasteiger partial charge on any atom is -0.454 e. The molecule has 1 fully saturated rings. The lowest BCUT2D eigenvalue weighted by atomic mass is 9.99. The number of nitrogens with one attached hydrogen (secondary N) is 1. The normalized spacial score (nSPS) is 19.0. The van der Waals surface area contributed by atoms with Crippen LogP contribution in [0.5, 0.6) is 0 Å². The summed E-state index contributed by atoms with van der Waals surface area (Å²) < 4.78 is 17.7. The van der Waals surface area contributed by atoms with Crippen LogP contribution >= 0.6 is 0 Å². The Morgan fingerprint density at radius 1 is 0.459 bits per heavy atom. The van der Waals surface area contributed by atoms with Gasteiger partial charge in [0.2, 0.25) is 5.91 Å². The topological polar surface area (TPSA) is 175 Å². The van der Waals surface area contributed by atoms with Gasteiger partial charge in [-0.05, 0) is 109 Å². The van der Waals surface area contributed by atoms with E-state index in [1.54, 1.807) is 6.08 Å². The Morgan fingerprint density at radius 3 is 1.24 bits per heavy atom. The van der Waals surface area contributed by atoms with E-state index < -0.39 is 67.4 Å². The van der Waals surface area contributed by atoms with Crippen molar-refractivity contribution in [2.45, 2.75) is 346 Å². The first-order valence-corrected chi connectivity index (χ1v) is 35.0. The van der Waals surface area contributed by atoms with E-state index in [2.05, 4.69) is 111 Å². The van der Waals surface area contributed by atoms with E-state index in [-0.39, 0.29) is 19.4 Å². The van der Waals surface area contributed by atoms with Crippen molar-refractivity contribution in [1.29, 1.82) is 0 Å². The number of aliphatic hydroxyl groups is 5. The molecule has 6 N–H and O–H groups in total. The predicted octanol–water partition coefficient (Wildman–Crippen LogP) is 17.8. The first-order chi connectivity index (χ1) is 41.7. The van der Waals surface area contributed by atoms with Crippen molar-refractivity contribution in [2.75, 3.05) is 13.2 Å². The summed E-state index contributed by atoms with van der Waals surface area (Å²) in [5.74, 6) is -1.21. The Balaban J connectivity index is 2.63. The average molecular weight is 1190 g/mol. The third-order valence-electron chi connectivity index (χ3n) is 16.0. The molecule has 0 spiro atoms. The fourth-order valence-electron chi connectivity index (χ4n) is 10.4. The Morgan fingerprint density at radius 2 is 0.812 bits per heavy atom. The van der Waals surface area contributed by atoms with Crippen LogP contribution in [0.15, 0.2) is 97.2 Å². The van der Waals surface area contributed by atoms with Gasteiger partial charge in [0.15, 0.2) is 12.4 Å². The van der Waals surface area contributed by atoms with E-state index in [4.69, 9.17) is 14.2 Å². The maximum absolute atomic E-state index is 13.5. The summed E-state index contributed by atoms with van der Waals surface area (Å²) in [6, 6.07) is -1.04. The minimum atomic E-state index is -1.63. The predicted molar refractivity (Wildman–Crippen MR) is 356 cm³/mol. The van der Waals surface area contributed by atoms with Gasteiger partial charge < -0.3 is 45.1 Å². The molecular weight excluding hydrogens is 1060 g/mol. The second-order valence-electron chi connectivity index (χ2n) is 23.9. The van der Waals surface area contributed by atoms with Crippen LogP contribution in [-0.4, -0.2) is 99.6 Å². The fraction of sp³-hybridized carbons (Fsp3) is 0.757. The lowest BCUT2D eigenvalue weighted by Crippen LogP contribution is -2.61. The Labute approximate surface area is 520 Å². The van der Waals surface area contributed by atoms with Gasteiger partial charge in [-0.15, -0.1) is 0 Å². The zero-order valence-electron chi connectivity index (χ0n) is 54.5. The number of amides is 1. The monoisotopic (exact) mass is 1190 g/mol. The van der Waals surface area contributed by atoms with Crippen molar-refractivity contribution < 1.29 is 49.3 Å². The molecule has 8 unspecified atom stereocenters. The first kappa shape index (κ1) is 79.6. The number of ether oxygens (including phenoxy) is 3. The van der Waals surface area contributed by atoms with Gasteiger partial charge in [-0.2, -0.15) is 0 Å². The minimum absolute atomic E-state index is 0.105. The van der Waals surface area contributed by atoms with Crippen LogP contribution in [0.3, 0.4) is 0 Å². The molecule has 0 aromatic carbocycles. The van der Waals surface area contributed by atoms with Gasteiger partial charge >= 0.3 is 5.97 Å². The lowest BCUT2D eigenvalue weighted by molar-refractivity contribution is -0.305. The average Bonchev–Trinajstić information content (AvgIpc) is 3.17. The van der Waals surface area contributed by atoms with Crippen LogP contribution in [0.1, 0.15) is 297 Å². The van der Waals surface area contributed by atoms with Crippen LogP contribution in [0.2, 0.25) is 0 Å². The van der Waals surface area contributed by atoms with E-state index in [0.717, 1.165) is 116 Å². The van der Waals surface area contributed by atoms with Gasteiger partial charge in [0.05, 0.1) is 25.4 Å². The van der Waals surface area contributed by atoms with Crippen molar-refractivity contribution in [3.05, 3.63) is 97.2 Å². The molecule has 1 aliphatic rings. The maximum atomic E-state index is 13.5. The van der Waals surface area contributed by atoms with Crippen LogP contribution in [0, 0.1) is 0 Å². The number of carbonyl (C=O) groups excluding carboxylic acids is 2. The Bertz CT molecular complexity index is 1750. The summed E-state index contributed by atoms with van der Waals surface area (Å²) in [6.45, 7) is 5.74. The second kappa shape index (κ2) is 60.8. The molecule has 1 saturated heterocycles. The number of carbonyl (C=O) groups is 2. The molecule has 1 heterocycles. The van der Waals surface area contributed by atoms with E-state index in [1.807, 2.05) is 6.08 Å². The first-order valence-electron chi connectivity index (χ1n) is 35.0. The van der Waals surface area contributed by atoms with Gasteiger partial charge in [0.25, 0.3) is 0 Å². The highest BCUT2D eigenvalue weighted by atomic mass is 16.7. The standard InChI is InChI=1S/C74H129NO10/c1-4-7-10-13-16-19-22-25-27-29-31-32-33-34-35-37-38-40-43-46-49-52-55-58-61-67(78)73(82)75-65(66(77)60-57-54-51-48-45-42-24-21-18-15-12-9-6-3)64-83-74-72(71(81)70(80)68(63-76)84-74)85-69(79)62-59-56-53-50-47-44-41-39-36-30-28-26-23-20-17-14-11-8-5-2/h16-17,19-20,25-28,31-32,34-36,39,57,60,65-68,70-72,74,76-78,80-81H,4-15,18,21-24,29-30,33,37-38,40-56,58-59,61-64H2,1-3H3,(H,75,82)/b19-16-,20-17-,27-25-,28-26-,32-31-,35-34-,39-36-,60-57+. The van der Waals surface area contributed by atoms with Crippen molar-refractivity contribution in [2.24, 2.45) is 0 Å². The molecule has 11 nitrogen and oxygen atoms in total. The SMILES string of the molecule is CCCCC/C=C\C/C=C\C/C=C\C/C=C\CCCCCCCCCCC(O)C(=O)NC(COC1OC(CO)C(O)C(O)C1OC(=O)CCCCCCCC/C=C\C/C=C\C/C=C\CCCCC)C(O)/C=C/CCCCCCCCCCCCC. The van der Waals surface area contributed by atoms with Crippen molar-refractivity contribution in [3.8, 4) is 0 Å². The van der Waals surface area contributed by atoms with Gasteiger partial charge in [0.1, 0.15) is 24.4 Å². The molecule has 490 valence electrons. The number of esters is 1. The molecule has 1 rings (SSSR count). The summed E-state index contributed by atoms with van der Waals surface area (Å²) in [6.07, 6.45) is 71.4. The molecule has 0 radical (unpaired) electrons. The summed E-state index contributed by atoms with van der Waals surface area (Å²) in [7, 11) is 0. The highest BCUT2D eigenvalue weighted by Crippen LogP contribution is 2.26. The molecular formula is C74H129NO10. The number of hydrogen-bond acceptors (Lipinski definition) is 10. The second-order valence-corrected chi connectivity index (χ2v) is 23.9. The van der Waals surface area contributed by atoms with Gasteiger partial charge in [0, 0.05) is 6.42 Å². The zero-order valence-corrected chi connectivity index (χ0v) is 54.5. The Hall–Kier alpha value is -3.42. The largest absolute Gasteiger partial charge is 0.454 e. The third kappa shape index (κ3) is 48.2. The fourth-order valence-corrected chi connectivity index (χ4v) is 10.4. The molecule has 1 amide bonds. The van der Waals surface area contributed by atoms with E-state index in [0.29, 0.717) is 12.8 Å². The maximum Gasteiger partial charge on any atom is 0.306 e. The highest BCUT2D eigenvalue weighted by molar-refractivity contribution is 5.80. The van der Waals surface area contributed by atoms with Crippen LogP contribution in [-0.2, 0) is 23.8 Å². The summed E-state index contributed by atoms with van der Waals surface area (Å²) in [4.78, 5) is 26.7. The lowest BCUT2D eigenvalue weighted by Gasteiger charge is -2.41. The van der Waals surface area contributed by atoms with Gasteiger partial charge in [-0.3, -0.25) is 9.59 Å². The number of allylic oxidation sites excluding steroid dienone is 15. The Kier molecular flexibility index (Phi) is 57.0. The van der Waals surface area contributed by atoms with E-state index >= 15 is 0 Å². The summed E-state index contributed by atoms with van der Waals surface area (Å²) in [5, 5.41) is 57.2. The van der Waals surface area contributed by atoms with E-state index in [1.165, 1.54) is 135 Å². The zero-order chi connectivity index (χ0) is 61.7. The van der Waals surface area contributed by atoms with Crippen molar-refractivity contribution >= 4 is 11.9 Å². The van der Waals surface area contributed by atoms with E-state index in [9.17, 15) is 35.1 Å². The molecule has 0 aromatic heterocycles. The van der Waals surface area contributed by atoms with Crippen LogP contribution < -0.4 is 5.32 Å². The molecule has 0 bridgehead atoms. The number of hydrogen-bond donors (Lipinski definition) is 6. The molecule has 0 saturated carbocycles. The van der Waals surface area contributed by atoms with Crippen LogP contribution in [0.4, 0.5) is 0 Å². The van der Waals surface area contributed by atoms with Crippen molar-refractivity contribution in [1.82, 2.24) is 5.32 Å². The third-order valence-corrected chi connectivity index (χ3v) is 16.0. The molecule has 85 heavy (non-hydrogen) atoms. The van der Waals surface area contributed by atoms with Crippen LogP contribution in [0.25, 0.3) is 0 Å². The number of aliphatic hydroxyl groups excluding tert-OH is 5. The van der Waals surface area contributed by atoms with Gasteiger partial charge in [-0.25, -0.2) is 0 Å². The van der Waals surface area contributed by atoms with Gasteiger partial charge in [-0.1, -0.05) is 279 Å². The molecule has 8 atom stereocenters. The molecule has 1 aliphatic heterocycles. The quantitative estimate of drug-likeness (QED) is 0.0195. The number of unbranched alkanes of at least 4 members (excludes halogenated alkanes) is 31. The molecule has 0 aliphatic carbocycles. The number of rotatable bonds is 59. The highest BCUT2D eigenvalue weighted by Gasteiger charge is 2.47. The molecule has 0 aromatic rings. The smallest absolute Gasteiger partial charge is 0.306 e. The summed E-state index contributed by atoms with van der Waals surface area (Å²) in [5.41, 5.74) is 0. The van der Waals surface area contributed by atoms with Crippen molar-refractivity contribution in [3.63, 3.8) is 0 Å². The summed E-state index contributed by atoms with van der Waals surface area (Å²) >= 11 is 0. The molecule has 11 heteroatoms.